The monoisotopic (exact) mass is 212 g/mol. The topological polar surface area (TPSA) is 58.9 Å². The SMILES string of the molecule is CSC(C)(CC(N)=O)Cc1ccc[nH]1. The number of nitrogens with one attached hydrogen (secondary N) is 1. The summed E-state index contributed by atoms with van der Waals surface area (Å²) in [6.45, 7) is 2.06. The molecule has 0 fully saturated rings. The van der Waals surface area contributed by atoms with E-state index >= 15 is 0 Å². The van der Waals surface area contributed by atoms with Crippen molar-refractivity contribution in [2.75, 3.05) is 6.26 Å². The standard InChI is InChI=1S/C10H16N2OS/c1-10(14-2,7-9(11)13)6-8-4-3-5-12-8/h3-5,12H,6-7H2,1-2H3,(H2,11,13). The van der Waals surface area contributed by atoms with Crippen molar-refractivity contribution < 1.29 is 4.79 Å². The van der Waals surface area contributed by atoms with Crippen molar-refractivity contribution in [1.29, 1.82) is 0 Å². The molecule has 0 spiro atoms. The molecular formula is C10H16N2OS. The second-order valence-electron chi connectivity index (χ2n) is 3.67. The van der Waals surface area contributed by atoms with Crippen LogP contribution in [-0.2, 0) is 11.2 Å². The molecule has 1 aromatic rings. The Hall–Kier alpha value is -0.900. The Morgan fingerprint density at radius 2 is 2.43 bits per heavy atom. The van der Waals surface area contributed by atoms with Crippen molar-refractivity contribution in [2.45, 2.75) is 24.5 Å². The van der Waals surface area contributed by atoms with E-state index < -0.39 is 0 Å². The summed E-state index contributed by atoms with van der Waals surface area (Å²) in [5.74, 6) is -0.242. The van der Waals surface area contributed by atoms with Gasteiger partial charge >= 0.3 is 0 Å². The lowest BCUT2D eigenvalue weighted by atomic mass is 10.0. The lowest BCUT2D eigenvalue weighted by Gasteiger charge is -2.25. The molecule has 0 saturated carbocycles. The molecule has 1 aromatic heterocycles. The lowest BCUT2D eigenvalue weighted by molar-refractivity contribution is -0.118. The molecule has 14 heavy (non-hydrogen) atoms. The summed E-state index contributed by atoms with van der Waals surface area (Å²) in [7, 11) is 0. The molecule has 0 saturated heterocycles. The maximum atomic E-state index is 10.9. The third-order valence-corrected chi connectivity index (χ3v) is 3.54. The number of hydrogen-bond acceptors (Lipinski definition) is 2. The van der Waals surface area contributed by atoms with Gasteiger partial charge in [-0.2, -0.15) is 11.8 Å². The lowest BCUT2D eigenvalue weighted by Crippen LogP contribution is -2.30. The van der Waals surface area contributed by atoms with Crippen molar-refractivity contribution in [2.24, 2.45) is 5.73 Å². The number of carbonyl (C=O) groups excluding carboxylic acids is 1. The number of carbonyl (C=O) groups is 1. The number of aromatic amines is 1. The average Bonchev–Trinajstić information content (AvgIpc) is 2.55. The molecule has 4 heteroatoms. The van der Waals surface area contributed by atoms with Gasteiger partial charge < -0.3 is 10.7 Å². The van der Waals surface area contributed by atoms with Gasteiger partial charge in [0, 0.05) is 29.5 Å². The number of hydrogen-bond donors (Lipinski definition) is 2. The fraction of sp³-hybridized carbons (Fsp3) is 0.500. The van der Waals surface area contributed by atoms with Crippen LogP contribution in [0.15, 0.2) is 18.3 Å². The van der Waals surface area contributed by atoms with E-state index in [1.807, 2.05) is 24.6 Å². The maximum absolute atomic E-state index is 10.9. The van der Waals surface area contributed by atoms with Crippen molar-refractivity contribution >= 4 is 17.7 Å². The molecule has 0 aliphatic heterocycles. The first-order valence-corrected chi connectivity index (χ1v) is 5.74. The van der Waals surface area contributed by atoms with E-state index in [2.05, 4.69) is 11.9 Å². The number of amides is 1. The molecule has 0 aromatic carbocycles. The predicted octanol–water partition coefficient (Wildman–Crippen LogP) is 1.55. The van der Waals surface area contributed by atoms with Crippen molar-refractivity contribution in [1.82, 2.24) is 4.98 Å². The summed E-state index contributed by atoms with van der Waals surface area (Å²) in [6.07, 6.45) is 5.14. The minimum Gasteiger partial charge on any atom is -0.370 e. The molecule has 0 aliphatic rings. The van der Waals surface area contributed by atoms with Gasteiger partial charge in [0.25, 0.3) is 0 Å². The summed E-state index contributed by atoms with van der Waals surface area (Å²) in [5.41, 5.74) is 6.36. The second kappa shape index (κ2) is 4.55. The number of rotatable bonds is 5. The van der Waals surface area contributed by atoms with E-state index in [1.54, 1.807) is 11.8 Å². The Morgan fingerprint density at radius 3 is 2.86 bits per heavy atom. The van der Waals surface area contributed by atoms with E-state index in [1.165, 1.54) is 0 Å². The van der Waals surface area contributed by atoms with Gasteiger partial charge in [0.15, 0.2) is 0 Å². The number of nitrogens with two attached hydrogens (primary N) is 1. The third-order valence-electron chi connectivity index (χ3n) is 2.27. The molecule has 0 radical (unpaired) electrons. The highest BCUT2D eigenvalue weighted by Crippen LogP contribution is 2.29. The minimum absolute atomic E-state index is 0.101. The molecule has 1 amide bonds. The number of aromatic nitrogens is 1. The highest BCUT2D eigenvalue weighted by molar-refractivity contribution is 8.00. The minimum atomic E-state index is -0.242. The summed E-state index contributed by atoms with van der Waals surface area (Å²) < 4.78 is -0.101. The first kappa shape index (κ1) is 11.2. The fourth-order valence-electron chi connectivity index (χ4n) is 1.46. The van der Waals surface area contributed by atoms with Gasteiger partial charge in [0.05, 0.1) is 0 Å². The van der Waals surface area contributed by atoms with Crippen LogP contribution >= 0.6 is 11.8 Å². The zero-order chi connectivity index (χ0) is 10.6. The number of H-pyrrole nitrogens is 1. The van der Waals surface area contributed by atoms with Crippen LogP contribution in [0.1, 0.15) is 19.0 Å². The van der Waals surface area contributed by atoms with Gasteiger partial charge in [-0.15, -0.1) is 0 Å². The first-order chi connectivity index (χ1) is 6.56. The van der Waals surface area contributed by atoms with E-state index in [0.29, 0.717) is 6.42 Å². The van der Waals surface area contributed by atoms with Gasteiger partial charge in [-0.25, -0.2) is 0 Å². The molecule has 3 nitrogen and oxygen atoms in total. The molecule has 1 unspecified atom stereocenters. The van der Waals surface area contributed by atoms with Gasteiger partial charge in [-0.1, -0.05) is 0 Å². The van der Waals surface area contributed by atoms with Gasteiger partial charge in [-0.05, 0) is 25.3 Å². The summed E-state index contributed by atoms with van der Waals surface area (Å²) >= 11 is 1.68. The molecule has 1 atom stereocenters. The third kappa shape index (κ3) is 3.10. The van der Waals surface area contributed by atoms with Crippen LogP contribution in [0.5, 0.6) is 0 Å². The molecule has 78 valence electrons. The van der Waals surface area contributed by atoms with Crippen LogP contribution in [0.3, 0.4) is 0 Å². The van der Waals surface area contributed by atoms with Crippen LogP contribution in [0.2, 0.25) is 0 Å². The Labute approximate surface area is 88.5 Å². The highest BCUT2D eigenvalue weighted by atomic mass is 32.2. The molecule has 0 aliphatic carbocycles. The maximum Gasteiger partial charge on any atom is 0.218 e. The van der Waals surface area contributed by atoms with Crippen LogP contribution in [0, 0.1) is 0 Å². The quantitative estimate of drug-likeness (QED) is 0.778. The van der Waals surface area contributed by atoms with E-state index in [4.69, 9.17) is 5.73 Å². The summed E-state index contributed by atoms with van der Waals surface area (Å²) in [4.78, 5) is 14.0. The Morgan fingerprint density at radius 1 is 1.71 bits per heavy atom. The smallest absolute Gasteiger partial charge is 0.218 e. The van der Waals surface area contributed by atoms with Gasteiger partial charge in [0.2, 0.25) is 5.91 Å². The molecule has 0 bridgehead atoms. The van der Waals surface area contributed by atoms with Crippen LogP contribution in [0.4, 0.5) is 0 Å². The van der Waals surface area contributed by atoms with E-state index in [0.717, 1.165) is 12.1 Å². The Balaban J connectivity index is 2.65. The zero-order valence-electron chi connectivity index (χ0n) is 8.54. The first-order valence-electron chi connectivity index (χ1n) is 4.51. The van der Waals surface area contributed by atoms with Crippen molar-refractivity contribution in [3.05, 3.63) is 24.0 Å². The van der Waals surface area contributed by atoms with Crippen molar-refractivity contribution in [3.8, 4) is 0 Å². The van der Waals surface area contributed by atoms with Gasteiger partial charge in [-0.3, -0.25) is 4.79 Å². The summed E-state index contributed by atoms with van der Waals surface area (Å²) in [5, 5.41) is 0. The molecular weight excluding hydrogens is 196 g/mol. The van der Waals surface area contributed by atoms with E-state index in [-0.39, 0.29) is 10.7 Å². The average molecular weight is 212 g/mol. The summed E-state index contributed by atoms with van der Waals surface area (Å²) in [6, 6.07) is 3.98. The van der Waals surface area contributed by atoms with Crippen LogP contribution < -0.4 is 5.73 Å². The Kier molecular flexibility index (Phi) is 3.63. The number of thioether (sulfide) groups is 1. The number of primary amides is 1. The molecule has 1 heterocycles. The van der Waals surface area contributed by atoms with Gasteiger partial charge in [0.1, 0.15) is 0 Å². The molecule has 1 rings (SSSR count). The van der Waals surface area contributed by atoms with Crippen LogP contribution in [0.25, 0.3) is 0 Å². The zero-order valence-corrected chi connectivity index (χ0v) is 9.36. The predicted molar refractivity (Wildman–Crippen MR) is 60.2 cm³/mol. The normalized spacial score (nSPS) is 15.0. The Bertz CT molecular complexity index is 297. The van der Waals surface area contributed by atoms with Crippen molar-refractivity contribution in [3.63, 3.8) is 0 Å². The largest absolute Gasteiger partial charge is 0.370 e. The molecule has 3 N–H and O–H groups in total. The second-order valence-corrected chi connectivity index (χ2v) is 5.06. The van der Waals surface area contributed by atoms with E-state index in [9.17, 15) is 4.79 Å². The fourth-order valence-corrected chi connectivity index (χ4v) is 2.04. The highest BCUT2D eigenvalue weighted by Gasteiger charge is 2.26. The van der Waals surface area contributed by atoms with Crippen LogP contribution in [-0.4, -0.2) is 21.9 Å².